The second-order valence-electron chi connectivity index (χ2n) is 6.15. The van der Waals surface area contributed by atoms with Crippen molar-refractivity contribution in [1.29, 1.82) is 0 Å². The zero-order valence-electron chi connectivity index (χ0n) is 15.4. The second kappa shape index (κ2) is 10.8. The molecule has 6 heteroatoms. The number of Topliss-reactive ketones (excluding diaryl/α,β-unsaturated/α-hetero) is 1. The number of aromatic hydroxyl groups is 1. The number of carboxylic acids is 2. The van der Waals surface area contributed by atoms with Crippen LogP contribution in [-0.2, 0) is 11.2 Å². The summed E-state index contributed by atoms with van der Waals surface area (Å²) in [5, 5.41) is 26.3. The number of rotatable bonds is 7. The van der Waals surface area contributed by atoms with E-state index in [4.69, 9.17) is 15.3 Å². The van der Waals surface area contributed by atoms with E-state index in [0.717, 1.165) is 24.5 Å². The zero-order chi connectivity index (χ0) is 20.4. The average Bonchev–Trinajstić information content (AvgIpc) is 2.61. The van der Waals surface area contributed by atoms with Gasteiger partial charge in [0.1, 0.15) is 11.5 Å². The van der Waals surface area contributed by atoms with Crippen molar-refractivity contribution in [1.82, 2.24) is 0 Å². The van der Waals surface area contributed by atoms with E-state index in [1.807, 2.05) is 19.1 Å². The van der Waals surface area contributed by atoms with Gasteiger partial charge in [-0.1, -0.05) is 19.1 Å². The lowest BCUT2D eigenvalue weighted by molar-refractivity contribution is -0.119. The van der Waals surface area contributed by atoms with Crippen molar-refractivity contribution < 1.29 is 29.7 Å². The Hall–Kier alpha value is -3.15. The van der Waals surface area contributed by atoms with Crippen LogP contribution < -0.4 is 0 Å². The van der Waals surface area contributed by atoms with Crippen molar-refractivity contribution in [2.45, 2.75) is 39.5 Å². The molecule has 0 aliphatic rings. The molecular weight excluding hydrogens is 348 g/mol. The van der Waals surface area contributed by atoms with Crippen LogP contribution in [0.15, 0.2) is 42.5 Å². The molecule has 2 aromatic rings. The number of hydrogen-bond donors (Lipinski definition) is 3. The molecular formula is C21H24O6. The minimum absolute atomic E-state index is 0.00241. The number of carbonyl (C=O) groups excluding carboxylic acids is 1. The number of aryl methyl sites for hydroxylation is 2. The van der Waals surface area contributed by atoms with Crippen LogP contribution in [0.1, 0.15) is 58.0 Å². The summed E-state index contributed by atoms with van der Waals surface area (Å²) in [7, 11) is 0. The van der Waals surface area contributed by atoms with E-state index in [1.54, 1.807) is 19.1 Å². The highest BCUT2D eigenvalue weighted by atomic mass is 16.4. The molecule has 0 radical (unpaired) electrons. The Labute approximate surface area is 158 Å². The van der Waals surface area contributed by atoms with Crippen LogP contribution in [0.3, 0.4) is 0 Å². The lowest BCUT2D eigenvalue weighted by atomic mass is 10.1. The van der Waals surface area contributed by atoms with E-state index in [9.17, 15) is 14.4 Å². The zero-order valence-corrected chi connectivity index (χ0v) is 15.4. The summed E-state index contributed by atoms with van der Waals surface area (Å²) in [6.45, 7) is 3.66. The molecule has 6 nitrogen and oxygen atoms in total. The Morgan fingerprint density at radius 1 is 0.852 bits per heavy atom. The lowest BCUT2D eigenvalue weighted by Gasteiger charge is -2.00. The third-order valence-electron chi connectivity index (χ3n) is 3.73. The van der Waals surface area contributed by atoms with Crippen LogP contribution in [0.2, 0.25) is 0 Å². The first-order valence-electron chi connectivity index (χ1n) is 8.60. The fraction of sp³-hybridized carbons (Fsp3) is 0.286. The minimum Gasteiger partial charge on any atom is -0.508 e. The molecule has 0 heterocycles. The number of ketones is 1. The van der Waals surface area contributed by atoms with E-state index >= 15 is 0 Å². The molecule has 0 saturated heterocycles. The molecule has 0 aliphatic heterocycles. The smallest absolute Gasteiger partial charge is 0.335 e. The van der Waals surface area contributed by atoms with Gasteiger partial charge in [-0.15, -0.1) is 0 Å². The summed E-state index contributed by atoms with van der Waals surface area (Å²) in [6, 6.07) is 11.0. The van der Waals surface area contributed by atoms with E-state index < -0.39 is 11.9 Å². The second-order valence-corrected chi connectivity index (χ2v) is 6.15. The molecule has 0 bridgehead atoms. The number of carboxylic acid groups (broad SMARTS) is 2. The van der Waals surface area contributed by atoms with Gasteiger partial charge in [0.2, 0.25) is 0 Å². The van der Waals surface area contributed by atoms with Crippen molar-refractivity contribution in [2.24, 2.45) is 0 Å². The van der Waals surface area contributed by atoms with Crippen LogP contribution in [0, 0.1) is 6.92 Å². The van der Waals surface area contributed by atoms with Gasteiger partial charge in [0.25, 0.3) is 0 Å². The first-order chi connectivity index (χ1) is 12.7. The van der Waals surface area contributed by atoms with Crippen LogP contribution >= 0.6 is 0 Å². The van der Waals surface area contributed by atoms with E-state index in [-0.39, 0.29) is 16.9 Å². The molecule has 0 atom stereocenters. The molecule has 27 heavy (non-hydrogen) atoms. The van der Waals surface area contributed by atoms with Crippen molar-refractivity contribution in [3.63, 3.8) is 0 Å². The first kappa shape index (κ1) is 21.9. The Morgan fingerprint density at radius 2 is 1.37 bits per heavy atom. The Bertz CT molecular complexity index is 761. The van der Waals surface area contributed by atoms with E-state index in [0.29, 0.717) is 24.2 Å². The highest BCUT2D eigenvalue weighted by Crippen LogP contribution is 2.12. The molecule has 2 aromatic carbocycles. The summed E-state index contributed by atoms with van der Waals surface area (Å²) >= 11 is 0. The fourth-order valence-electron chi connectivity index (χ4n) is 2.38. The Balaban J connectivity index is 0.000000271. The van der Waals surface area contributed by atoms with Gasteiger partial charge in [-0.2, -0.15) is 0 Å². The van der Waals surface area contributed by atoms with Gasteiger partial charge < -0.3 is 15.3 Å². The Kier molecular flexibility index (Phi) is 8.72. The number of phenols is 1. The molecule has 0 fully saturated rings. The van der Waals surface area contributed by atoms with Crippen molar-refractivity contribution >= 4 is 17.7 Å². The van der Waals surface area contributed by atoms with Gasteiger partial charge in [-0.25, -0.2) is 9.59 Å². The SMILES string of the molecule is CCCC(=O)CCc1ccc(O)cc1.Cc1cc(C(=O)O)cc(C(=O)O)c1. The van der Waals surface area contributed by atoms with Crippen molar-refractivity contribution in [2.75, 3.05) is 0 Å². The summed E-state index contributed by atoms with van der Waals surface area (Å²) in [5.74, 6) is -1.65. The maximum absolute atomic E-state index is 11.2. The standard InChI is InChI=1S/C12H16O2.C9H8O4/c1-2-3-11(13)7-4-10-5-8-12(14)9-6-10;1-5-2-6(8(10)11)4-7(3-5)9(12)13/h5-6,8-9,14H,2-4,7H2,1H3;2-4H,1H3,(H,10,11)(H,12,13). The average molecular weight is 372 g/mol. The quantitative estimate of drug-likeness (QED) is 0.675. The van der Waals surface area contributed by atoms with Crippen molar-refractivity contribution in [3.8, 4) is 5.75 Å². The minimum atomic E-state index is -1.12. The monoisotopic (exact) mass is 372 g/mol. The normalized spacial score (nSPS) is 9.85. The predicted molar refractivity (Wildman–Crippen MR) is 101 cm³/mol. The molecule has 0 unspecified atom stereocenters. The van der Waals surface area contributed by atoms with E-state index in [1.165, 1.54) is 12.1 Å². The molecule has 0 amide bonds. The third-order valence-corrected chi connectivity index (χ3v) is 3.73. The molecule has 144 valence electrons. The summed E-state index contributed by atoms with van der Waals surface area (Å²) in [5.41, 5.74) is 1.72. The number of phenolic OH excluding ortho intramolecular Hbond substituents is 1. The lowest BCUT2D eigenvalue weighted by Crippen LogP contribution is -2.02. The van der Waals surface area contributed by atoms with Gasteiger partial charge in [0.05, 0.1) is 11.1 Å². The van der Waals surface area contributed by atoms with Gasteiger partial charge in [0.15, 0.2) is 0 Å². The van der Waals surface area contributed by atoms with Crippen molar-refractivity contribution in [3.05, 3.63) is 64.7 Å². The number of carbonyl (C=O) groups is 3. The molecule has 0 aliphatic carbocycles. The van der Waals surface area contributed by atoms with E-state index in [2.05, 4.69) is 0 Å². The van der Waals surface area contributed by atoms with Crippen LogP contribution in [0.4, 0.5) is 0 Å². The number of benzene rings is 2. The maximum atomic E-state index is 11.2. The summed E-state index contributed by atoms with van der Waals surface area (Å²) < 4.78 is 0. The third kappa shape index (κ3) is 8.18. The van der Waals surface area contributed by atoms with Crippen LogP contribution in [0.25, 0.3) is 0 Å². The maximum Gasteiger partial charge on any atom is 0.335 e. The van der Waals surface area contributed by atoms with Gasteiger partial charge >= 0.3 is 11.9 Å². The highest BCUT2D eigenvalue weighted by Gasteiger charge is 2.09. The molecule has 0 saturated carbocycles. The molecule has 3 N–H and O–H groups in total. The summed E-state index contributed by atoms with van der Waals surface area (Å²) in [4.78, 5) is 32.3. The van der Waals surface area contributed by atoms with Gasteiger partial charge in [0, 0.05) is 12.8 Å². The highest BCUT2D eigenvalue weighted by molar-refractivity contribution is 5.94. The van der Waals surface area contributed by atoms with Crippen LogP contribution in [-0.4, -0.2) is 33.0 Å². The molecule has 0 spiro atoms. The largest absolute Gasteiger partial charge is 0.508 e. The fourth-order valence-corrected chi connectivity index (χ4v) is 2.38. The summed E-state index contributed by atoms with van der Waals surface area (Å²) in [6.07, 6.45) is 2.99. The van der Waals surface area contributed by atoms with Crippen LogP contribution in [0.5, 0.6) is 5.75 Å². The van der Waals surface area contributed by atoms with Gasteiger partial charge in [-0.05, 0) is 61.2 Å². The number of aromatic carboxylic acids is 2. The Morgan fingerprint density at radius 3 is 1.81 bits per heavy atom. The van der Waals surface area contributed by atoms with Gasteiger partial charge in [-0.3, -0.25) is 4.79 Å². The molecule has 2 rings (SSSR count). The molecule has 0 aromatic heterocycles. The number of hydrogen-bond acceptors (Lipinski definition) is 4. The predicted octanol–water partition coefficient (Wildman–Crippen LogP) is 4.09. The topological polar surface area (TPSA) is 112 Å². The first-order valence-corrected chi connectivity index (χ1v) is 8.60.